The molecule has 7 nitrogen and oxygen atoms in total. The van der Waals surface area contributed by atoms with Crippen molar-refractivity contribution < 1.29 is 8.42 Å². The highest BCUT2D eigenvalue weighted by molar-refractivity contribution is 7.92. The highest BCUT2D eigenvalue weighted by atomic mass is 32.2. The molecule has 1 heterocycles. The first-order valence-corrected chi connectivity index (χ1v) is 8.03. The van der Waals surface area contributed by atoms with E-state index in [1.165, 1.54) is 0 Å². The minimum atomic E-state index is -4.07. The quantitative estimate of drug-likeness (QED) is 0.787. The molecule has 0 fully saturated rings. The third-order valence-corrected chi connectivity index (χ3v) is 4.46. The van der Waals surface area contributed by atoms with E-state index in [1.807, 2.05) is 37.9 Å². The minimum absolute atomic E-state index is 0.0481. The van der Waals surface area contributed by atoms with E-state index < -0.39 is 26.2 Å². The summed E-state index contributed by atoms with van der Waals surface area (Å²) in [4.78, 5) is 26.0. The summed E-state index contributed by atoms with van der Waals surface area (Å²) in [7, 11) is -4.07. The lowest BCUT2D eigenvalue weighted by atomic mass is 9.87. The van der Waals surface area contributed by atoms with Gasteiger partial charge in [-0.05, 0) is 23.1 Å². The molecular weight excluding hydrogens is 306 g/mol. The van der Waals surface area contributed by atoms with Gasteiger partial charge in [0.2, 0.25) is 0 Å². The van der Waals surface area contributed by atoms with Gasteiger partial charge in [-0.3, -0.25) is 14.5 Å². The number of anilines is 1. The predicted octanol–water partition coefficient (Wildman–Crippen LogP) is 1.16. The van der Waals surface area contributed by atoms with E-state index in [-0.39, 0.29) is 5.41 Å². The van der Waals surface area contributed by atoms with E-state index in [4.69, 9.17) is 0 Å². The molecule has 0 radical (unpaired) electrons. The second-order valence-corrected chi connectivity index (χ2v) is 7.52. The number of aromatic nitrogens is 2. The lowest BCUT2D eigenvalue weighted by molar-refractivity contribution is 0.590. The van der Waals surface area contributed by atoms with Gasteiger partial charge in [0.15, 0.2) is 4.90 Å². The Morgan fingerprint density at radius 3 is 2.14 bits per heavy atom. The van der Waals surface area contributed by atoms with Crippen LogP contribution in [0.5, 0.6) is 0 Å². The van der Waals surface area contributed by atoms with Crippen LogP contribution in [0.15, 0.2) is 44.9 Å². The summed E-state index contributed by atoms with van der Waals surface area (Å²) in [5, 5.41) is 0. The average molecular weight is 323 g/mol. The Hall–Kier alpha value is -2.35. The van der Waals surface area contributed by atoms with Crippen LogP contribution in [-0.4, -0.2) is 18.4 Å². The summed E-state index contributed by atoms with van der Waals surface area (Å²) in [6.07, 6.45) is 0.868. The molecule has 0 saturated carbocycles. The van der Waals surface area contributed by atoms with Crippen molar-refractivity contribution in [1.29, 1.82) is 0 Å². The second-order valence-electron chi connectivity index (χ2n) is 5.87. The van der Waals surface area contributed by atoms with Gasteiger partial charge in [0, 0.05) is 11.9 Å². The number of sulfonamides is 1. The van der Waals surface area contributed by atoms with Gasteiger partial charge in [-0.25, -0.2) is 13.2 Å². The number of hydrogen-bond donors (Lipinski definition) is 3. The molecule has 0 saturated heterocycles. The standard InChI is InChI=1S/C14H17N3O4S/c1-14(2,3)9-4-6-10(7-5-9)17-22(20,21)11-8-15-13(19)16-12(11)18/h4-8,17H,1-3H3,(H2,15,16,18,19). The molecule has 0 bridgehead atoms. The normalized spacial score (nSPS) is 12.1. The summed E-state index contributed by atoms with van der Waals surface area (Å²) in [5.74, 6) is 0. The van der Waals surface area contributed by atoms with Gasteiger partial charge in [0.05, 0.1) is 0 Å². The Balaban J connectivity index is 2.33. The highest BCUT2D eigenvalue weighted by Crippen LogP contribution is 2.24. The first kappa shape index (κ1) is 16.0. The smallest absolute Gasteiger partial charge is 0.313 e. The van der Waals surface area contributed by atoms with Crippen molar-refractivity contribution in [2.45, 2.75) is 31.1 Å². The van der Waals surface area contributed by atoms with Crippen LogP contribution in [-0.2, 0) is 15.4 Å². The zero-order valence-corrected chi connectivity index (χ0v) is 13.2. The molecule has 22 heavy (non-hydrogen) atoms. The second kappa shape index (κ2) is 5.45. The van der Waals surface area contributed by atoms with E-state index >= 15 is 0 Å². The van der Waals surface area contributed by atoms with Crippen LogP contribution < -0.4 is 16.0 Å². The SMILES string of the molecule is CC(C)(C)c1ccc(NS(=O)(=O)c2c[nH]c(=O)[nH]c2=O)cc1. The topological polar surface area (TPSA) is 112 Å². The van der Waals surface area contributed by atoms with Crippen molar-refractivity contribution in [2.75, 3.05) is 4.72 Å². The van der Waals surface area contributed by atoms with Crippen LogP contribution in [0.4, 0.5) is 5.69 Å². The summed E-state index contributed by atoms with van der Waals surface area (Å²) < 4.78 is 26.6. The number of nitrogens with one attached hydrogen (secondary N) is 3. The number of benzene rings is 1. The van der Waals surface area contributed by atoms with Crippen LogP contribution in [0, 0.1) is 0 Å². The van der Waals surface area contributed by atoms with E-state index in [9.17, 15) is 18.0 Å². The van der Waals surface area contributed by atoms with E-state index in [0.717, 1.165) is 11.8 Å². The first-order valence-electron chi connectivity index (χ1n) is 6.55. The molecular formula is C14H17N3O4S. The molecule has 8 heteroatoms. The fourth-order valence-corrected chi connectivity index (χ4v) is 2.91. The minimum Gasteiger partial charge on any atom is -0.313 e. The Morgan fingerprint density at radius 2 is 1.64 bits per heavy atom. The molecule has 3 N–H and O–H groups in total. The fraction of sp³-hybridized carbons (Fsp3) is 0.286. The molecule has 0 aliphatic rings. The third kappa shape index (κ3) is 3.45. The molecule has 2 aromatic rings. The molecule has 2 rings (SSSR count). The van der Waals surface area contributed by atoms with E-state index in [1.54, 1.807) is 12.1 Å². The molecule has 1 aromatic heterocycles. The van der Waals surface area contributed by atoms with Crippen molar-refractivity contribution in [1.82, 2.24) is 9.97 Å². The summed E-state index contributed by atoms with van der Waals surface area (Å²) in [6, 6.07) is 6.87. The van der Waals surface area contributed by atoms with Gasteiger partial charge in [0.1, 0.15) is 0 Å². The summed E-state index contributed by atoms with van der Waals surface area (Å²) in [5.41, 5.74) is -0.398. The lowest BCUT2D eigenvalue weighted by Crippen LogP contribution is -2.29. The predicted molar refractivity (Wildman–Crippen MR) is 83.6 cm³/mol. The van der Waals surface area contributed by atoms with Crippen molar-refractivity contribution in [3.63, 3.8) is 0 Å². The van der Waals surface area contributed by atoms with Gasteiger partial charge in [-0.15, -0.1) is 0 Å². The lowest BCUT2D eigenvalue weighted by Gasteiger charge is -2.19. The molecule has 0 aliphatic carbocycles. The maximum absolute atomic E-state index is 12.2. The zero-order valence-electron chi connectivity index (χ0n) is 12.4. The van der Waals surface area contributed by atoms with E-state index in [2.05, 4.69) is 9.71 Å². The van der Waals surface area contributed by atoms with Crippen molar-refractivity contribution in [2.24, 2.45) is 0 Å². The fourth-order valence-electron chi connectivity index (χ4n) is 1.85. The first-order chi connectivity index (χ1) is 10.1. The van der Waals surface area contributed by atoms with Crippen LogP contribution >= 0.6 is 0 Å². The highest BCUT2D eigenvalue weighted by Gasteiger charge is 2.19. The van der Waals surface area contributed by atoms with Gasteiger partial charge < -0.3 is 4.98 Å². The van der Waals surface area contributed by atoms with Crippen molar-refractivity contribution >= 4 is 15.7 Å². The van der Waals surface area contributed by atoms with E-state index in [0.29, 0.717) is 5.69 Å². The summed E-state index contributed by atoms with van der Waals surface area (Å²) >= 11 is 0. The zero-order chi connectivity index (χ0) is 16.5. The molecule has 0 amide bonds. The van der Waals surface area contributed by atoms with Crippen molar-refractivity contribution in [3.05, 3.63) is 56.9 Å². The van der Waals surface area contributed by atoms with Gasteiger partial charge >= 0.3 is 5.69 Å². The van der Waals surface area contributed by atoms with Crippen LogP contribution in [0.25, 0.3) is 0 Å². The maximum Gasteiger partial charge on any atom is 0.325 e. The summed E-state index contributed by atoms with van der Waals surface area (Å²) in [6.45, 7) is 6.14. The Bertz CT molecular complexity index is 887. The van der Waals surface area contributed by atoms with Crippen LogP contribution in [0.1, 0.15) is 26.3 Å². The Morgan fingerprint density at radius 1 is 1.05 bits per heavy atom. The Labute approximate surface area is 127 Å². The monoisotopic (exact) mass is 323 g/mol. The average Bonchev–Trinajstić information content (AvgIpc) is 2.37. The van der Waals surface area contributed by atoms with Gasteiger partial charge in [0.25, 0.3) is 15.6 Å². The number of hydrogen-bond acceptors (Lipinski definition) is 4. The van der Waals surface area contributed by atoms with Gasteiger partial charge in [-0.2, -0.15) is 0 Å². The molecule has 0 atom stereocenters. The molecule has 1 aromatic carbocycles. The van der Waals surface area contributed by atoms with Crippen LogP contribution in [0.2, 0.25) is 0 Å². The van der Waals surface area contributed by atoms with Crippen LogP contribution in [0.3, 0.4) is 0 Å². The van der Waals surface area contributed by atoms with Gasteiger partial charge in [-0.1, -0.05) is 32.9 Å². The number of H-pyrrole nitrogens is 2. The maximum atomic E-state index is 12.2. The molecule has 0 spiro atoms. The Kier molecular flexibility index (Phi) is 3.97. The molecule has 0 aliphatic heterocycles. The largest absolute Gasteiger partial charge is 0.325 e. The third-order valence-electron chi connectivity index (χ3n) is 3.08. The number of aromatic amines is 2. The molecule has 118 valence electrons. The number of rotatable bonds is 3. The van der Waals surface area contributed by atoms with Crippen molar-refractivity contribution in [3.8, 4) is 0 Å². The molecule has 0 unspecified atom stereocenters.